The number of nitrogens with one attached hydrogen (secondary N) is 1. The standard InChI is InChI=1S/C20H25N3O2/c1-16(23-14-10-17-7-2-3-8-18(17)15-23)20(25)21-11-6-13-22-12-5-4-9-19(22)24/h2-5,7-9,12,16H,6,10-11,13-15H2,1H3,(H,21,25)/t16-/m1/s1. The SMILES string of the molecule is C[C@H](C(=O)NCCCn1ccccc1=O)N1CCc2ccccc2C1. The molecule has 5 nitrogen and oxygen atoms in total. The first-order valence-corrected chi connectivity index (χ1v) is 8.89. The van der Waals surface area contributed by atoms with Gasteiger partial charge in [0.1, 0.15) is 0 Å². The van der Waals surface area contributed by atoms with Gasteiger partial charge in [-0.25, -0.2) is 0 Å². The number of aryl methyl sites for hydroxylation is 1. The van der Waals surface area contributed by atoms with E-state index in [9.17, 15) is 9.59 Å². The maximum atomic E-state index is 12.4. The van der Waals surface area contributed by atoms with Gasteiger partial charge < -0.3 is 9.88 Å². The molecule has 5 heteroatoms. The summed E-state index contributed by atoms with van der Waals surface area (Å²) in [5.74, 6) is 0.0554. The van der Waals surface area contributed by atoms with Crippen LogP contribution in [0.4, 0.5) is 0 Å². The summed E-state index contributed by atoms with van der Waals surface area (Å²) >= 11 is 0. The van der Waals surface area contributed by atoms with Gasteiger partial charge in [0.25, 0.3) is 0 Å². The van der Waals surface area contributed by atoms with Crippen LogP contribution in [0, 0.1) is 0 Å². The van der Waals surface area contributed by atoms with Crippen LogP contribution in [0.15, 0.2) is 53.5 Å². The number of amides is 1. The maximum absolute atomic E-state index is 12.4. The van der Waals surface area contributed by atoms with Crippen LogP contribution in [0.1, 0.15) is 24.5 Å². The number of pyridine rings is 1. The van der Waals surface area contributed by atoms with E-state index in [1.807, 2.05) is 13.0 Å². The fourth-order valence-electron chi connectivity index (χ4n) is 3.27. The van der Waals surface area contributed by atoms with Crippen molar-refractivity contribution in [1.82, 2.24) is 14.8 Å². The van der Waals surface area contributed by atoms with Gasteiger partial charge in [-0.2, -0.15) is 0 Å². The average Bonchev–Trinajstić information content (AvgIpc) is 2.65. The van der Waals surface area contributed by atoms with Gasteiger partial charge in [-0.15, -0.1) is 0 Å². The molecule has 3 rings (SSSR count). The van der Waals surface area contributed by atoms with Crippen LogP contribution < -0.4 is 10.9 Å². The molecule has 1 aromatic carbocycles. The second-order valence-corrected chi connectivity index (χ2v) is 6.54. The number of carbonyl (C=O) groups is 1. The van der Waals surface area contributed by atoms with Gasteiger partial charge in [0.05, 0.1) is 6.04 Å². The van der Waals surface area contributed by atoms with Crippen molar-refractivity contribution in [2.75, 3.05) is 13.1 Å². The lowest BCUT2D eigenvalue weighted by Crippen LogP contribution is -2.47. The number of aromatic nitrogens is 1. The Bertz CT molecular complexity index is 784. The molecule has 132 valence electrons. The molecule has 0 unspecified atom stereocenters. The highest BCUT2D eigenvalue weighted by Crippen LogP contribution is 2.20. The number of hydrogen-bond acceptors (Lipinski definition) is 3. The predicted molar refractivity (Wildman–Crippen MR) is 98.3 cm³/mol. The highest BCUT2D eigenvalue weighted by Gasteiger charge is 2.24. The summed E-state index contributed by atoms with van der Waals surface area (Å²) in [6.07, 6.45) is 3.51. The molecule has 1 aromatic heterocycles. The van der Waals surface area contributed by atoms with E-state index in [1.54, 1.807) is 22.9 Å². The lowest BCUT2D eigenvalue weighted by atomic mass is 9.99. The van der Waals surface area contributed by atoms with E-state index < -0.39 is 0 Å². The van der Waals surface area contributed by atoms with Gasteiger partial charge in [0.2, 0.25) is 11.5 Å². The molecule has 0 bridgehead atoms. The summed E-state index contributed by atoms with van der Waals surface area (Å²) in [6.45, 7) is 4.89. The zero-order chi connectivity index (χ0) is 17.6. The quantitative estimate of drug-likeness (QED) is 0.817. The number of fused-ring (bicyclic) bond motifs is 1. The molecule has 1 atom stereocenters. The lowest BCUT2D eigenvalue weighted by Gasteiger charge is -2.32. The van der Waals surface area contributed by atoms with Gasteiger partial charge in [-0.05, 0) is 37.0 Å². The average molecular weight is 339 g/mol. The Hall–Kier alpha value is -2.40. The zero-order valence-corrected chi connectivity index (χ0v) is 14.6. The van der Waals surface area contributed by atoms with Crippen molar-refractivity contribution in [2.24, 2.45) is 0 Å². The molecule has 1 amide bonds. The number of carbonyl (C=O) groups excluding carboxylic acids is 1. The number of hydrogen-bond donors (Lipinski definition) is 1. The van der Waals surface area contributed by atoms with Crippen molar-refractivity contribution in [3.63, 3.8) is 0 Å². The largest absolute Gasteiger partial charge is 0.355 e. The third kappa shape index (κ3) is 4.37. The van der Waals surface area contributed by atoms with E-state index in [0.717, 1.165) is 25.9 Å². The van der Waals surface area contributed by atoms with E-state index in [0.29, 0.717) is 13.1 Å². The van der Waals surface area contributed by atoms with Crippen LogP contribution in [0.5, 0.6) is 0 Å². The van der Waals surface area contributed by atoms with Crippen molar-refractivity contribution in [2.45, 2.75) is 38.9 Å². The molecule has 2 aromatic rings. The van der Waals surface area contributed by atoms with Gasteiger partial charge in [-0.1, -0.05) is 30.3 Å². The minimum Gasteiger partial charge on any atom is -0.355 e. The molecule has 0 aliphatic carbocycles. The molecule has 25 heavy (non-hydrogen) atoms. The Kier molecular flexibility index (Phi) is 5.66. The van der Waals surface area contributed by atoms with Crippen molar-refractivity contribution < 1.29 is 4.79 Å². The predicted octanol–water partition coefficient (Wildman–Crippen LogP) is 1.80. The van der Waals surface area contributed by atoms with Crippen molar-refractivity contribution in [3.8, 4) is 0 Å². The Morgan fingerprint density at radius 2 is 1.92 bits per heavy atom. The molecule has 1 aliphatic rings. The Balaban J connectivity index is 1.45. The minimum absolute atomic E-state index is 0.00539. The van der Waals surface area contributed by atoms with Crippen LogP contribution >= 0.6 is 0 Å². The van der Waals surface area contributed by atoms with E-state index in [-0.39, 0.29) is 17.5 Å². The second kappa shape index (κ2) is 8.12. The summed E-state index contributed by atoms with van der Waals surface area (Å²) in [6, 6.07) is 13.4. The fourth-order valence-corrected chi connectivity index (χ4v) is 3.27. The first kappa shape index (κ1) is 17.4. The van der Waals surface area contributed by atoms with Gasteiger partial charge in [0, 0.05) is 38.4 Å². The molecule has 0 saturated heterocycles. The van der Waals surface area contributed by atoms with Gasteiger partial charge >= 0.3 is 0 Å². The monoisotopic (exact) mass is 339 g/mol. The summed E-state index contributed by atoms with van der Waals surface area (Å²) in [4.78, 5) is 26.3. The van der Waals surface area contributed by atoms with Gasteiger partial charge in [-0.3, -0.25) is 14.5 Å². The summed E-state index contributed by atoms with van der Waals surface area (Å²) in [7, 11) is 0. The Morgan fingerprint density at radius 1 is 1.16 bits per heavy atom. The highest BCUT2D eigenvalue weighted by molar-refractivity contribution is 5.81. The first-order valence-electron chi connectivity index (χ1n) is 8.89. The molecule has 0 radical (unpaired) electrons. The van der Waals surface area contributed by atoms with Crippen LogP contribution in [-0.4, -0.2) is 34.5 Å². The second-order valence-electron chi connectivity index (χ2n) is 6.54. The Labute approximate surface area is 148 Å². The molecular formula is C20H25N3O2. The highest BCUT2D eigenvalue weighted by atomic mass is 16.2. The van der Waals surface area contributed by atoms with E-state index in [4.69, 9.17) is 0 Å². The maximum Gasteiger partial charge on any atom is 0.250 e. The topological polar surface area (TPSA) is 54.3 Å². The third-order valence-corrected chi connectivity index (χ3v) is 4.86. The van der Waals surface area contributed by atoms with Crippen LogP contribution in [0.2, 0.25) is 0 Å². The van der Waals surface area contributed by atoms with Crippen LogP contribution in [0.25, 0.3) is 0 Å². The van der Waals surface area contributed by atoms with Crippen molar-refractivity contribution in [1.29, 1.82) is 0 Å². The summed E-state index contributed by atoms with van der Waals surface area (Å²) in [5, 5.41) is 3.00. The van der Waals surface area contributed by atoms with Crippen LogP contribution in [0.3, 0.4) is 0 Å². The summed E-state index contributed by atoms with van der Waals surface area (Å²) in [5.41, 5.74) is 2.70. The third-order valence-electron chi connectivity index (χ3n) is 4.86. The lowest BCUT2D eigenvalue weighted by molar-refractivity contribution is -0.126. The van der Waals surface area contributed by atoms with E-state index in [2.05, 4.69) is 34.5 Å². The van der Waals surface area contributed by atoms with Crippen molar-refractivity contribution >= 4 is 5.91 Å². The first-order chi connectivity index (χ1) is 12.1. The molecule has 1 N–H and O–H groups in total. The van der Waals surface area contributed by atoms with Crippen molar-refractivity contribution in [3.05, 3.63) is 70.1 Å². The Morgan fingerprint density at radius 3 is 2.72 bits per heavy atom. The van der Waals surface area contributed by atoms with Crippen LogP contribution in [-0.2, 0) is 24.3 Å². The van der Waals surface area contributed by atoms with Gasteiger partial charge in [0.15, 0.2) is 0 Å². The molecule has 0 fully saturated rings. The molecule has 0 spiro atoms. The minimum atomic E-state index is -0.146. The number of nitrogens with zero attached hydrogens (tertiary/aromatic N) is 2. The smallest absolute Gasteiger partial charge is 0.250 e. The van der Waals surface area contributed by atoms with E-state index >= 15 is 0 Å². The molecule has 2 heterocycles. The molecule has 1 aliphatic heterocycles. The number of rotatable bonds is 6. The van der Waals surface area contributed by atoms with E-state index in [1.165, 1.54) is 11.1 Å². The normalized spacial score (nSPS) is 15.4. The molecule has 0 saturated carbocycles. The summed E-state index contributed by atoms with van der Waals surface area (Å²) < 4.78 is 1.66. The zero-order valence-electron chi connectivity index (χ0n) is 14.6. The molecular weight excluding hydrogens is 314 g/mol. The fraction of sp³-hybridized carbons (Fsp3) is 0.400. The number of benzene rings is 1.